The number of pyridine rings is 1. The van der Waals surface area contributed by atoms with Crippen molar-refractivity contribution >= 4 is 34.6 Å². The number of thiocarbonyl (C=S) groups is 1. The molecule has 0 amide bonds. The molecule has 2 aromatic heterocycles. The van der Waals surface area contributed by atoms with Crippen molar-refractivity contribution in [1.29, 1.82) is 0 Å². The summed E-state index contributed by atoms with van der Waals surface area (Å²) in [5.41, 5.74) is 3.07. The molecular formula is C26H29ClN4O2S. The molecule has 3 heterocycles. The first-order chi connectivity index (χ1) is 16.7. The van der Waals surface area contributed by atoms with E-state index in [2.05, 4.69) is 38.2 Å². The quantitative estimate of drug-likeness (QED) is 0.311. The molecule has 1 aromatic carbocycles. The van der Waals surface area contributed by atoms with Crippen molar-refractivity contribution < 1.29 is 9.47 Å². The number of aromatic nitrogens is 2. The van der Waals surface area contributed by atoms with Crippen LogP contribution in [0.5, 0.6) is 5.75 Å². The number of rotatable bonds is 8. The molecular weight excluding hydrogens is 468 g/mol. The van der Waals surface area contributed by atoms with Crippen LogP contribution >= 0.6 is 23.8 Å². The Kier molecular flexibility index (Phi) is 7.04. The van der Waals surface area contributed by atoms with E-state index in [0.717, 1.165) is 11.4 Å². The molecule has 2 atom stereocenters. The molecule has 1 aliphatic heterocycles. The normalized spacial score (nSPS) is 20.6. The third-order valence-electron chi connectivity index (χ3n) is 6.66. The summed E-state index contributed by atoms with van der Waals surface area (Å²) in [6.45, 7) is 0.947. The van der Waals surface area contributed by atoms with Gasteiger partial charge in [0.2, 0.25) is 0 Å². The first kappa shape index (κ1) is 23.1. The Bertz CT molecular complexity index is 1130. The maximum absolute atomic E-state index is 6.60. The minimum absolute atomic E-state index is 0.0543. The van der Waals surface area contributed by atoms with Crippen molar-refractivity contribution in [1.82, 2.24) is 14.9 Å². The fourth-order valence-corrected chi connectivity index (χ4v) is 5.57. The van der Waals surface area contributed by atoms with Gasteiger partial charge in [-0.05, 0) is 67.0 Å². The van der Waals surface area contributed by atoms with E-state index in [4.69, 9.17) is 33.3 Å². The van der Waals surface area contributed by atoms with E-state index < -0.39 is 0 Å². The van der Waals surface area contributed by atoms with Gasteiger partial charge in [-0.3, -0.25) is 4.98 Å². The van der Waals surface area contributed by atoms with Crippen molar-refractivity contribution in [3.8, 4) is 5.75 Å². The SMILES string of the molecule is COCCOc1ccc(N2C(=S)NC(c3ccccn3)C2c2ccn(C3CCCC3)c2)cc1Cl. The smallest absolute Gasteiger partial charge is 0.174 e. The van der Waals surface area contributed by atoms with Crippen LogP contribution in [-0.4, -0.2) is 35.0 Å². The van der Waals surface area contributed by atoms with Crippen molar-refractivity contribution in [3.05, 3.63) is 77.3 Å². The minimum Gasteiger partial charge on any atom is -0.490 e. The van der Waals surface area contributed by atoms with Crippen LogP contribution in [0.3, 0.4) is 0 Å². The second kappa shape index (κ2) is 10.3. The van der Waals surface area contributed by atoms with Gasteiger partial charge in [0.15, 0.2) is 5.11 Å². The highest BCUT2D eigenvalue weighted by molar-refractivity contribution is 7.80. The molecule has 0 radical (unpaired) electrons. The second-order valence-corrected chi connectivity index (χ2v) is 9.58. The van der Waals surface area contributed by atoms with E-state index in [1.54, 1.807) is 7.11 Å². The van der Waals surface area contributed by atoms with Gasteiger partial charge in [0.1, 0.15) is 12.4 Å². The van der Waals surface area contributed by atoms with Gasteiger partial charge in [-0.2, -0.15) is 0 Å². The maximum atomic E-state index is 6.60. The molecule has 34 heavy (non-hydrogen) atoms. The number of methoxy groups -OCH3 is 1. The molecule has 8 heteroatoms. The average molecular weight is 497 g/mol. The molecule has 0 spiro atoms. The highest BCUT2D eigenvalue weighted by Gasteiger charge is 2.41. The highest BCUT2D eigenvalue weighted by atomic mass is 35.5. The Hall–Kier alpha value is -2.61. The van der Waals surface area contributed by atoms with Crippen LogP contribution in [0.4, 0.5) is 5.69 Å². The number of nitrogens with zero attached hydrogens (tertiary/aromatic N) is 3. The molecule has 178 valence electrons. The number of halogens is 1. The van der Waals surface area contributed by atoms with Gasteiger partial charge in [-0.25, -0.2) is 0 Å². The van der Waals surface area contributed by atoms with Crippen molar-refractivity contribution in [3.63, 3.8) is 0 Å². The first-order valence-electron chi connectivity index (χ1n) is 11.7. The number of benzene rings is 1. The summed E-state index contributed by atoms with van der Waals surface area (Å²) in [5, 5.41) is 4.71. The van der Waals surface area contributed by atoms with Crippen LogP contribution in [0.15, 0.2) is 61.1 Å². The Balaban J connectivity index is 1.50. The zero-order valence-corrected chi connectivity index (χ0v) is 20.8. The number of nitrogens with one attached hydrogen (secondary N) is 1. The third-order valence-corrected chi connectivity index (χ3v) is 7.27. The summed E-state index contributed by atoms with van der Waals surface area (Å²) in [4.78, 5) is 6.79. The lowest BCUT2D eigenvalue weighted by molar-refractivity contribution is 0.146. The predicted molar refractivity (Wildman–Crippen MR) is 139 cm³/mol. The second-order valence-electron chi connectivity index (χ2n) is 8.78. The van der Waals surface area contributed by atoms with Gasteiger partial charge >= 0.3 is 0 Å². The van der Waals surface area contributed by atoms with Crippen LogP contribution < -0.4 is 15.0 Å². The van der Waals surface area contributed by atoms with Crippen molar-refractivity contribution in [2.45, 2.75) is 43.8 Å². The Morgan fingerprint density at radius 3 is 2.74 bits per heavy atom. The van der Waals surface area contributed by atoms with Crippen LogP contribution in [0, 0.1) is 0 Å². The average Bonchev–Trinajstić information content (AvgIpc) is 3.60. The van der Waals surface area contributed by atoms with Gasteiger partial charge in [-0.1, -0.05) is 30.5 Å². The van der Waals surface area contributed by atoms with Crippen molar-refractivity contribution in [2.24, 2.45) is 0 Å². The molecule has 2 aliphatic rings. The largest absolute Gasteiger partial charge is 0.490 e. The summed E-state index contributed by atoms with van der Waals surface area (Å²) in [7, 11) is 1.65. The molecule has 1 N–H and O–H groups in total. The summed E-state index contributed by atoms with van der Waals surface area (Å²) >= 11 is 12.4. The van der Waals surface area contributed by atoms with Crippen LogP contribution in [0.1, 0.15) is 55.1 Å². The van der Waals surface area contributed by atoms with Gasteiger partial charge in [-0.15, -0.1) is 0 Å². The third kappa shape index (κ3) is 4.65. The summed E-state index contributed by atoms with van der Waals surface area (Å²) in [6, 6.07) is 14.5. The summed E-state index contributed by atoms with van der Waals surface area (Å²) < 4.78 is 13.2. The van der Waals surface area contributed by atoms with E-state index in [1.807, 2.05) is 42.6 Å². The lowest BCUT2D eigenvalue weighted by Crippen LogP contribution is -2.29. The van der Waals surface area contributed by atoms with Crippen LogP contribution in [-0.2, 0) is 4.74 Å². The van der Waals surface area contributed by atoms with Gasteiger partial charge in [0.05, 0.1) is 29.4 Å². The van der Waals surface area contributed by atoms with Crippen molar-refractivity contribution in [2.75, 3.05) is 25.2 Å². The first-order valence-corrected chi connectivity index (χ1v) is 12.5. The number of hydrogen-bond acceptors (Lipinski definition) is 4. The molecule has 5 rings (SSSR count). The molecule has 1 aliphatic carbocycles. The monoisotopic (exact) mass is 496 g/mol. The number of hydrogen-bond donors (Lipinski definition) is 1. The van der Waals surface area contributed by atoms with E-state index in [9.17, 15) is 0 Å². The zero-order valence-electron chi connectivity index (χ0n) is 19.2. The van der Waals surface area contributed by atoms with Gasteiger partial charge < -0.3 is 24.3 Å². The molecule has 3 aromatic rings. The predicted octanol–water partition coefficient (Wildman–Crippen LogP) is 5.85. The summed E-state index contributed by atoms with van der Waals surface area (Å²) in [5.74, 6) is 0.630. The van der Waals surface area contributed by atoms with E-state index in [1.165, 1.54) is 31.2 Å². The fourth-order valence-electron chi connectivity index (χ4n) is 5.00. The molecule has 2 fully saturated rings. The molecule has 1 saturated heterocycles. The summed E-state index contributed by atoms with van der Waals surface area (Å²) in [6.07, 6.45) is 11.4. The zero-order chi connectivity index (χ0) is 23.5. The molecule has 2 unspecified atom stereocenters. The minimum atomic E-state index is -0.0791. The van der Waals surface area contributed by atoms with Crippen LogP contribution in [0.25, 0.3) is 0 Å². The van der Waals surface area contributed by atoms with E-state index in [-0.39, 0.29) is 12.1 Å². The van der Waals surface area contributed by atoms with E-state index >= 15 is 0 Å². The Labute approximate surface area is 210 Å². The standard InChI is InChI=1S/C26H29ClN4O2S/c1-32-14-15-33-23-10-9-20(16-21(23)27)31-25(18-11-13-30(17-18)19-6-2-3-7-19)24(29-26(31)34)22-8-4-5-12-28-22/h4-5,8-13,16-17,19,24-25H,2-3,6-7,14-15H2,1H3,(H,29,34). The molecule has 1 saturated carbocycles. The Morgan fingerprint density at radius 2 is 2.00 bits per heavy atom. The Morgan fingerprint density at radius 1 is 1.15 bits per heavy atom. The molecule has 6 nitrogen and oxygen atoms in total. The lowest BCUT2D eigenvalue weighted by Gasteiger charge is -2.27. The highest BCUT2D eigenvalue weighted by Crippen LogP contribution is 2.43. The lowest BCUT2D eigenvalue weighted by atomic mass is 9.98. The number of ether oxygens (including phenoxy) is 2. The topological polar surface area (TPSA) is 51.6 Å². The number of anilines is 1. The molecule has 0 bridgehead atoms. The van der Waals surface area contributed by atoms with Crippen LogP contribution in [0.2, 0.25) is 5.02 Å². The fraction of sp³-hybridized carbons (Fsp3) is 0.385. The maximum Gasteiger partial charge on any atom is 0.174 e. The van der Waals surface area contributed by atoms with E-state index in [0.29, 0.717) is 35.1 Å². The van der Waals surface area contributed by atoms with Gasteiger partial charge in [0.25, 0.3) is 0 Å². The van der Waals surface area contributed by atoms with Gasteiger partial charge in [0, 0.05) is 37.4 Å².